The quantitative estimate of drug-likeness (QED) is 0.163. The van der Waals surface area contributed by atoms with Crippen molar-refractivity contribution in [3.8, 4) is 0 Å². The van der Waals surface area contributed by atoms with Gasteiger partial charge in [-0.3, -0.25) is 19.2 Å². The molecule has 8 nitrogen and oxygen atoms in total. The summed E-state index contributed by atoms with van der Waals surface area (Å²) in [6, 6.07) is 0.520. The minimum Gasteiger partial charge on any atom is -0.481 e. The van der Waals surface area contributed by atoms with Gasteiger partial charge in [-0.2, -0.15) is 0 Å². The van der Waals surface area contributed by atoms with Gasteiger partial charge in [-0.05, 0) is 145 Å². The van der Waals surface area contributed by atoms with Gasteiger partial charge in [0.15, 0.2) is 5.78 Å². The molecule has 0 aromatic carbocycles. The minimum atomic E-state index is -1.13. The Morgan fingerprint density at radius 1 is 0.980 bits per heavy atom. The number of carboxylic acids is 1. The lowest BCUT2D eigenvalue weighted by molar-refractivity contribution is -0.214. The van der Waals surface area contributed by atoms with E-state index in [0.29, 0.717) is 41.9 Å². The van der Waals surface area contributed by atoms with Crippen molar-refractivity contribution in [1.82, 2.24) is 10.2 Å². The maximum Gasteiger partial charge on any atom is 0.309 e. The number of ketones is 1. The third-order valence-corrected chi connectivity index (χ3v) is 15.2. The number of esters is 1. The zero-order valence-corrected chi connectivity index (χ0v) is 34.2. The standard InChI is InChI=1S/C41H67NO5.C2H5NO/c1-12-42(26(4)5)22-21-41-20-15-28-27(35(41)34(25(2)3)29(43)23-41)13-14-31-39(28,10)18-16-30-38(8,9)32(17-19-40(30,31)11)47-33(44)24-37(6,7)36(45)46;1-3-2-4/h25-28,30-32H,12-24H2,1-11H3,(H,45,46);2H,1H3,(H,3,4). The lowest BCUT2D eigenvalue weighted by atomic mass is 9.36. The van der Waals surface area contributed by atoms with Crippen LogP contribution in [0.4, 0.5) is 0 Å². The van der Waals surface area contributed by atoms with Crippen LogP contribution in [0, 0.1) is 56.7 Å². The summed E-state index contributed by atoms with van der Waals surface area (Å²) in [6.45, 7) is 26.5. The topological polar surface area (TPSA) is 113 Å². The van der Waals surface area contributed by atoms with Gasteiger partial charge in [0, 0.05) is 30.3 Å². The van der Waals surface area contributed by atoms with Gasteiger partial charge in [0.05, 0.1) is 11.8 Å². The van der Waals surface area contributed by atoms with Crippen molar-refractivity contribution in [2.24, 2.45) is 56.7 Å². The molecule has 0 saturated heterocycles. The number of nitrogens with zero attached hydrogens (tertiary/aromatic N) is 1. The molecule has 4 fully saturated rings. The maximum atomic E-state index is 13.9. The van der Waals surface area contributed by atoms with Crippen molar-refractivity contribution in [2.75, 3.05) is 20.1 Å². The van der Waals surface area contributed by atoms with Gasteiger partial charge >= 0.3 is 11.9 Å². The molecule has 8 heteroatoms. The Kier molecular flexibility index (Phi) is 12.4. The molecule has 4 saturated carbocycles. The molecule has 0 spiro atoms. The predicted molar refractivity (Wildman–Crippen MR) is 203 cm³/mol. The maximum absolute atomic E-state index is 13.9. The van der Waals surface area contributed by atoms with Gasteiger partial charge in [0.2, 0.25) is 6.41 Å². The van der Waals surface area contributed by atoms with Crippen LogP contribution in [0.2, 0.25) is 0 Å². The van der Waals surface area contributed by atoms with Crippen LogP contribution in [0.3, 0.4) is 0 Å². The fourth-order valence-electron chi connectivity index (χ4n) is 12.7. The predicted octanol–water partition coefficient (Wildman–Crippen LogP) is 8.47. The molecule has 290 valence electrons. The third-order valence-electron chi connectivity index (χ3n) is 15.2. The van der Waals surface area contributed by atoms with Gasteiger partial charge in [0.25, 0.3) is 0 Å². The summed E-state index contributed by atoms with van der Waals surface area (Å²) in [5.41, 5.74) is 1.93. The number of aliphatic carboxylic acids is 1. The summed E-state index contributed by atoms with van der Waals surface area (Å²) in [6.07, 6.45) is 11.2. The molecule has 5 rings (SSSR count). The number of carbonyl (C=O) groups excluding carboxylic acids is 3. The molecule has 0 aromatic heterocycles. The Labute approximate surface area is 309 Å². The molecule has 1 amide bonds. The molecule has 51 heavy (non-hydrogen) atoms. The van der Waals surface area contributed by atoms with E-state index in [2.05, 4.69) is 72.5 Å². The van der Waals surface area contributed by atoms with Crippen LogP contribution in [0.15, 0.2) is 11.1 Å². The lowest BCUT2D eigenvalue weighted by Crippen LogP contribution is -2.63. The molecule has 2 N–H and O–H groups in total. The van der Waals surface area contributed by atoms with E-state index in [1.807, 2.05) is 0 Å². The number of carboxylic acid groups (broad SMARTS) is 1. The van der Waals surface area contributed by atoms with Gasteiger partial charge in [0.1, 0.15) is 6.10 Å². The average molecular weight is 713 g/mol. The largest absolute Gasteiger partial charge is 0.481 e. The van der Waals surface area contributed by atoms with Gasteiger partial charge in [-0.1, -0.05) is 54.0 Å². The SMILES string of the molecule is CCN(CCC12CCC3C(CCC4C3(C)CCC3C(C)(C)C(OC(=O)CC(C)(C)C(=O)O)CCC34C)C1=C(C(C)C)C(=O)C2)C(C)C.CNC=O. The Hall–Kier alpha value is -2.22. The van der Waals surface area contributed by atoms with Gasteiger partial charge < -0.3 is 20.1 Å². The van der Waals surface area contributed by atoms with Crippen molar-refractivity contribution in [1.29, 1.82) is 0 Å². The molecule has 5 aliphatic rings. The first-order valence-corrected chi connectivity index (χ1v) is 20.2. The minimum absolute atomic E-state index is 0.0452. The van der Waals surface area contributed by atoms with E-state index in [4.69, 9.17) is 9.53 Å². The van der Waals surface area contributed by atoms with Gasteiger partial charge in [-0.15, -0.1) is 0 Å². The molecule has 8 atom stereocenters. The average Bonchev–Trinajstić information content (AvgIpc) is 3.34. The van der Waals surface area contributed by atoms with Crippen LogP contribution in [0.1, 0.15) is 147 Å². The van der Waals surface area contributed by atoms with Gasteiger partial charge in [-0.25, -0.2) is 0 Å². The van der Waals surface area contributed by atoms with E-state index in [9.17, 15) is 19.5 Å². The van der Waals surface area contributed by atoms with Crippen LogP contribution in [-0.4, -0.2) is 66.4 Å². The zero-order valence-electron chi connectivity index (χ0n) is 34.2. The molecule has 0 aliphatic heterocycles. The molecule has 0 aromatic rings. The molecule has 8 unspecified atom stereocenters. The number of amides is 1. The Morgan fingerprint density at radius 3 is 2.16 bits per heavy atom. The number of allylic oxidation sites excluding steroid dienone is 2. The zero-order chi connectivity index (χ0) is 38.3. The molecule has 0 bridgehead atoms. The summed E-state index contributed by atoms with van der Waals surface area (Å²) < 4.78 is 6.16. The number of carbonyl (C=O) groups is 4. The van der Waals surface area contributed by atoms with E-state index in [1.165, 1.54) is 31.3 Å². The Bertz CT molecular complexity index is 1350. The first-order valence-electron chi connectivity index (χ1n) is 20.2. The Morgan fingerprint density at radius 2 is 1.61 bits per heavy atom. The Balaban J connectivity index is 0.00000138. The van der Waals surface area contributed by atoms with E-state index in [1.54, 1.807) is 26.5 Å². The summed E-state index contributed by atoms with van der Waals surface area (Å²) in [4.78, 5) is 50.2. The normalized spacial score (nSPS) is 35.7. The number of hydrogen-bond acceptors (Lipinski definition) is 6. The summed E-state index contributed by atoms with van der Waals surface area (Å²) in [5.74, 6) is 1.56. The van der Waals surface area contributed by atoms with Crippen molar-refractivity contribution in [2.45, 2.75) is 159 Å². The molecule has 0 radical (unpaired) electrons. The number of nitrogens with one attached hydrogen (secondary N) is 1. The van der Waals surface area contributed by atoms with Crippen molar-refractivity contribution < 1.29 is 29.0 Å². The van der Waals surface area contributed by atoms with E-state index >= 15 is 0 Å². The van der Waals surface area contributed by atoms with E-state index < -0.39 is 11.4 Å². The monoisotopic (exact) mass is 713 g/mol. The van der Waals surface area contributed by atoms with Crippen molar-refractivity contribution in [3.05, 3.63) is 11.1 Å². The highest BCUT2D eigenvalue weighted by Crippen LogP contribution is 2.73. The second-order valence-corrected chi connectivity index (χ2v) is 19.4. The molecular weight excluding hydrogens is 640 g/mol. The number of Topliss-reactive ketones (excluding diaryl/α,β-unsaturated/α-hetero) is 1. The number of hydrogen-bond donors (Lipinski definition) is 2. The molecule has 5 aliphatic carbocycles. The lowest BCUT2D eigenvalue weighted by Gasteiger charge is -2.69. The first-order chi connectivity index (χ1) is 23.7. The van der Waals surface area contributed by atoms with Crippen LogP contribution >= 0.6 is 0 Å². The summed E-state index contributed by atoms with van der Waals surface area (Å²) in [5, 5.41) is 11.8. The second-order valence-electron chi connectivity index (χ2n) is 19.4. The highest BCUT2D eigenvalue weighted by atomic mass is 16.5. The van der Waals surface area contributed by atoms with Crippen LogP contribution < -0.4 is 5.32 Å². The third kappa shape index (κ3) is 7.47. The summed E-state index contributed by atoms with van der Waals surface area (Å²) in [7, 11) is 1.56. The summed E-state index contributed by atoms with van der Waals surface area (Å²) >= 11 is 0. The van der Waals surface area contributed by atoms with E-state index in [0.717, 1.165) is 51.6 Å². The van der Waals surface area contributed by atoms with Crippen molar-refractivity contribution in [3.63, 3.8) is 0 Å². The molecular formula is C43H72N2O6. The second kappa shape index (κ2) is 15.3. The van der Waals surface area contributed by atoms with Crippen molar-refractivity contribution >= 4 is 24.1 Å². The van der Waals surface area contributed by atoms with Crippen LogP contribution in [0.25, 0.3) is 0 Å². The highest BCUT2D eigenvalue weighted by Gasteiger charge is 2.66. The van der Waals surface area contributed by atoms with Crippen LogP contribution in [-0.2, 0) is 23.9 Å². The first kappa shape index (κ1) is 41.5. The number of ether oxygens (including phenoxy) is 1. The van der Waals surface area contributed by atoms with E-state index in [-0.39, 0.29) is 46.1 Å². The highest BCUT2D eigenvalue weighted by molar-refractivity contribution is 6.00. The fourth-order valence-corrected chi connectivity index (χ4v) is 12.7. The number of rotatable bonds is 11. The molecule has 0 heterocycles. The van der Waals surface area contributed by atoms with Crippen LogP contribution in [0.5, 0.6) is 0 Å². The smallest absolute Gasteiger partial charge is 0.309 e. The number of fused-ring (bicyclic) bond motifs is 7. The fraction of sp³-hybridized carbons (Fsp3) is 0.860.